The number of nitrogens with two attached hydrogens (primary N) is 1. The number of hydrogen-bond acceptors (Lipinski definition) is 3. The Bertz CT molecular complexity index is 797. The first-order valence-electron chi connectivity index (χ1n) is 6.44. The topological polar surface area (TPSA) is 55.9 Å². The van der Waals surface area contributed by atoms with Crippen molar-refractivity contribution in [3.8, 4) is 0 Å². The molecule has 1 unspecified atom stereocenters. The third-order valence-electron chi connectivity index (χ3n) is 3.50. The molecule has 6 heteroatoms. The molecule has 4 nitrogen and oxygen atoms in total. The molecule has 0 aliphatic heterocycles. The van der Waals surface area contributed by atoms with Crippen LogP contribution in [0, 0.1) is 11.6 Å². The van der Waals surface area contributed by atoms with Crippen molar-refractivity contribution < 1.29 is 8.78 Å². The molecule has 0 saturated heterocycles. The predicted octanol–water partition coefficient (Wildman–Crippen LogP) is 2.40. The molecule has 3 N–H and O–H groups in total. The van der Waals surface area contributed by atoms with Crippen molar-refractivity contribution in [2.45, 2.75) is 6.04 Å². The van der Waals surface area contributed by atoms with Crippen LogP contribution in [0.1, 0.15) is 17.3 Å². The minimum atomic E-state index is -0.730. The summed E-state index contributed by atoms with van der Waals surface area (Å²) in [6, 6.07) is 10.1. The van der Waals surface area contributed by atoms with Crippen molar-refractivity contribution in [1.29, 1.82) is 0 Å². The molecule has 0 aliphatic carbocycles. The number of nitrogens with zero attached hydrogens (tertiary/aromatic N) is 2. The Kier molecular flexibility index (Phi) is 3.40. The molecule has 0 spiro atoms. The Labute approximate surface area is 120 Å². The van der Waals surface area contributed by atoms with Gasteiger partial charge in [-0.2, -0.15) is 5.10 Å². The first-order chi connectivity index (χ1) is 10.1. The molecule has 3 rings (SSSR count). The summed E-state index contributed by atoms with van der Waals surface area (Å²) >= 11 is 0. The molecule has 0 radical (unpaired) electrons. The highest BCUT2D eigenvalue weighted by Crippen LogP contribution is 2.29. The number of fused-ring (bicyclic) bond motifs is 1. The van der Waals surface area contributed by atoms with E-state index >= 15 is 0 Å². The molecular weight excluding hydrogens is 274 g/mol. The van der Waals surface area contributed by atoms with E-state index in [4.69, 9.17) is 5.84 Å². The lowest BCUT2D eigenvalue weighted by Crippen LogP contribution is -2.30. The van der Waals surface area contributed by atoms with E-state index in [1.54, 1.807) is 11.7 Å². The quantitative estimate of drug-likeness (QED) is 0.575. The molecule has 0 saturated carbocycles. The number of rotatable bonds is 3. The Morgan fingerprint density at radius 2 is 1.95 bits per heavy atom. The molecule has 21 heavy (non-hydrogen) atoms. The number of hydrazine groups is 1. The van der Waals surface area contributed by atoms with Crippen LogP contribution in [0.4, 0.5) is 8.78 Å². The fourth-order valence-electron chi connectivity index (χ4n) is 2.51. The van der Waals surface area contributed by atoms with E-state index < -0.39 is 17.7 Å². The Morgan fingerprint density at radius 3 is 2.71 bits per heavy atom. The van der Waals surface area contributed by atoms with Gasteiger partial charge in [0.25, 0.3) is 0 Å². The van der Waals surface area contributed by atoms with Crippen LogP contribution < -0.4 is 11.3 Å². The fraction of sp³-hybridized carbons (Fsp3) is 0.133. The second-order valence-corrected chi connectivity index (χ2v) is 4.79. The lowest BCUT2D eigenvalue weighted by molar-refractivity contribution is 0.537. The highest BCUT2D eigenvalue weighted by atomic mass is 19.1. The molecule has 0 amide bonds. The van der Waals surface area contributed by atoms with E-state index in [1.807, 2.05) is 24.3 Å². The molecule has 1 aromatic heterocycles. The third kappa shape index (κ3) is 2.28. The summed E-state index contributed by atoms with van der Waals surface area (Å²) in [6.45, 7) is 0. The van der Waals surface area contributed by atoms with E-state index in [2.05, 4.69) is 10.5 Å². The fourth-order valence-corrected chi connectivity index (χ4v) is 2.51. The highest BCUT2D eigenvalue weighted by molar-refractivity contribution is 5.82. The lowest BCUT2D eigenvalue weighted by Gasteiger charge is -2.15. The number of benzene rings is 2. The van der Waals surface area contributed by atoms with Gasteiger partial charge in [0.15, 0.2) is 0 Å². The standard InChI is InChI=1S/C15H14F2N4/c1-21-13-5-3-2-4-10(13)15(20-21)14(19-18)11-8-9(16)6-7-12(11)17/h2-8,14,19H,18H2,1H3. The Morgan fingerprint density at radius 1 is 1.19 bits per heavy atom. The number of nitrogens with one attached hydrogen (secondary N) is 1. The van der Waals surface area contributed by atoms with Crippen LogP contribution in [-0.2, 0) is 7.05 Å². The van der Waals surface area contributed by atoms with Crippen LogP contribution >= 0.6 is 0 Å². The lowest BCUT2D eigenvalue weighted by atomic mass is 10.0. The van der Waals surface area contributed by atoms with Crippen molar-refractivity contribution in [2.24, 2.45) is 12.9 Å². The van der Waals surface area contributed by atoms with Gasteiger partial charge in [-0.1, -0.05) is 18.2 Å². The summed E-state index contributed by atoms with van der Waals surface area (Å²) in [5.41, 5.74) is 4.10. The number of halogens is 2. The van der Waals surface area contributed by atoms with Crippen molar-refractivity contribution in [3.05, 3.63) is 65.4 Å². The van der Waals surface area contributed by atoms with Gasteiger partial charge in [0.2, 0.25) is 0 Å². The van der Waals surface area contributed by atoms with Crippen molar-refractivity contribution in [3.63, 3.8) is 0 Å². The van der Waals surface area contributed by atoms with E-state index in [0.717, 1.165) is 29.1 Å². The van der Waals surface area contributed by atoms with Gasteiger partial charge >= 0.3 is 0 Å². The minimum absolute atomic E-state index is 0.126. The summed E-state index contributed by atoms with van der Waals surface area (Å²) in [4.78, 5) is 0. The first kappa shape index (κ1) is 13.7. The number of aryl methyl sites for hydroxylation is 1. The largest absolute Gasteiger partial charge is 0.271 e. The molecule has 0 aliphatic rings. The molecule has 1 atom stereocenters. The second-order valence-electron chi connectivity index (χ2n) is 4.79. The molecule has 3 aromatic rings. The number of hydrogen-bond donors (Lipinski definition) is 2. The molecule has 0 bridgehead atoms. The van der Waals surface area contributed by atoms with Gasteiger partial charge < -0.3 is 0 Å². The highest BCUT2D eigenvalue weighted by Gasteiger charge is 2.23. The Hall–Kier alpha value is -2.31. The van der Waals surface area contributed by atoms with Gasteiger partial charge in [-0.3, -0.25) is 10.5 Å². The van der Waals surface area contributed by atoms with E-state index in [-0.39, 0.29) is 5.56 Å². The molecular formula is C15H14F2N4. The SMILES string of the molecule is Cn1nc(C(NN)c2cc(F)ccc2F)c2ccccc21. The predicted molar refractivity (Wildman–Crippen MR) is 76.2 cm³/mol. The van der Waals surface area contributed by atoms with Gasteiger partial charge in [-0.05, 0) is 24.3 Å². The van der Waals surface area contributed by atoms with Crippen LogP contribution in [-0.4, -0.2) is 9.78 Å². The minimum Gasteiger partial charge on any atom is -0.271 e. The van der Waals surface area contributed by atoms with Gasteiger partial charge in [0.05, 0.1) is 17.3 Å². The van der Waals surface area contributed by atoms with Crippen LogP contribution in [0.3, 0.4) is 0 Å². The summed E-state index contributed by atoms with van der Waals surface area (Å²) in [7, 11) is 1.79. The average molecular weight is 288 g/mol. The van der Waals surface area contributed by atoms with E-state index in [0.29, 0.717) is 5.69 Å². The monoisotopic (exact) mass is 288 g/mol. The Balaban J connectivity index is 2.21. The van der Waals surface area contributed by atoms with Crippen molar-refractivity contribution >= 4 is 10.9 Å². The maximum atomic E-state index is 14.0. The number of aromatic nitrogens is 2. The number of para-hydroxylation sites is 1. The van der Waals surface area contributed by atoms with Crippen molar-refractivity contribution in [1.82, 2.24) is 15.2 Å². The zero-order valence-corrected chi connectivity index (χ0v) is 11.3. The summed E-state index contributed by atoms with van der Waals surface area (Å²) in [5, 5.41) is 5.23. The maximum Gasteiger partial charge on any atom is 0.128 e. The van der Waals surface area contributed by atoms with Crippen molar-refractivity contribution in [2.75, 3.05) is 0 Å². The van der Waals surface area contributed by atoms with E-state index in [9.17, 15) is 8.78 Å². The van der Waals surface area contributed by atoms with Gasteiger partial charge in [0.1, 0.15) is 11.6 Å². The van der Waals surface area contributed by atoms with Gasteiger partial charge in [0, 0.05) is 18.0 Å². The summed E-state index contributed by atoms with van der Waals surface area (Å²) in [5.74, 6) is 4.51. The molecule has 1 heterocycles. The third-order valence-corrected chi connectivity index (χ3v) is 3.50. The first-order valence-corrected chi connectivity index (χ1v) is 6.44. The maximum absolute atomic E-state index is 14.0. The summed E-state index contributed by atoms with van der Waals surface area (Å²) < 4.78 is 29.1. The van der Waals surface area contributed by atoms with Gasteiger partial charge in [-0.15, -0.1) is 0 Å². The molecule has 2 aromatic carbocycles. The van der Waals surface area contributed by atoms with Crippen LogP contribution in [0.25, 0.3) is 10.9 Å². The average Bonchev–Trinajstić information content (AvgIpc) is 2.81. The second kappa shape index (κ2) is 5.23. The van der Waals surface area contributed by atoms with Gasteiger partial charge in [-0.25, -0.2) is 14.2 Å². The normalized spacial score (nSPS) is 12.8. The summed E-state index contributed by atoms with van der Waals surface area (Å²) in [6.07, 6.45) is 0. The molecule has 108 valence electrons. The smallest absolute Gasteiger partial charge is 0.128 e. The zero-order valence-electron chi connectivity index (χ0n) is 11.3. The zero-order chi connectivity index (χ0) is 15.0. The van der Waals surface area contributed by atoms with Crippen LogP contribution in [0.2, 0.25) is 0 Å². The van der Waals surface area contributed by atoms with Crippen LogP contribution in [0.15, 0.2) is 42.5 Å². The van der Waals surface area contributed by atoms with Crippen LogP contribution in [0.5, 0.6) is 0 Å². The molecule has 0 fully saturated rings. The van der Waals surface area contributed by atoms with E-state index in [1.165, 1.54) is 0 Å².